The molecular formula is C13H21N3OS. The van der Waals surface area contributed by atoms with Gasteiger partial charge in [0.05, 0.1) is 12.3 Å². The molecule has 18 heavy (non-hydrogen) atoms. The van der Waals surface area contributed by atoms with Gasteiger partial charge < -0.3 is 15.0 Å². The van der Waals surface area contributed by atoms with Gasteiger partial charge in [0, 0.05) is 37.7 Å². The Bertz CT molecular complexity index is 397. The molecule has 4 nitrogen and oxygen atoms in total. The molecule has 1 N–H and O–H groups in total. The largest absolute Gasteiger partial charge is 0.378 e. The van der Waals surface area contributed by atoms with Crippen LogP contribution in [0.2, 0.25) is 0 Å². The molecule has 0 atom stereocenters. The summed E-state index contributed by atoms with van der Waals surface area (Å²) in [6.45, 7) is 3.91. The molecular weight excluding hydrogens is 246 g/mol. The van der Waals surface area contributed by atoms with Gasteiger partial charge in [0.2, 0.25) is 0 Å². The van der Waals surface area contributed by atoms with Crippen LogP contribution in [0, 0.1) is 0 Å². The number of nitrogens with one attached hydrogen (secondary N) is 1. The number of rotatable bonds is 6. The summed E-state index contributed by atoms with van der Waals surface area (Å²) in [5.41, 5.74) is 1.12. The maximum absolute atomic E-state index is 5.26. The Hall–Kier alpha value is -0.650. The molecule has 2 aliphatic rings. The molecule has 0 unspecified atom stereocenters. The van der Waals surface area contributed by atoms with Gasteiger partial charge in [-0.1, -0.05) is 0 Å². The lowest BCUT2D eigenvalue weighted by atomic mass is 10.3. The van der Waals surface area contributed by atoms with E-state index in [-0.39, 0.29) is 0 Å². The van der Waals surface area contributed by atoms with E-state index in [4.69, 9.17) is 9.72 Å². The lowest BCUT2D eigenvalue weighted by Crippen LogP contribution is -2.17. The molecule has 1 aromatic heterocycles. The Labute approximate surface area is 112 Å². The summed E-state index contributed by atoms with van der Waals surface area (Å²) in [4.78, 5) is 8.52. The number of ether oxygens (including phenoxy) is 1. The Morgan fingerprint density at radius 1 is 1.39 bits per heavy atom. The van der Waals surface area contributed by atoms with E-state index in [2.05, 4.69) is 10.2 Å². The number of nitrogens with zero attached hydrogens (tertiary/aromatic N) is 2. The summed E-state index contributed by atoms with van der Waals surface area (Å²) in [7, 11) is 1.74. The van der Waals surface area contributed by atoms with Gasteiger partial charge in [0.15, 0.2) is 5.13 Å². The Balaban J connectivity index is 1.71. The van der Waals surface area contributed by atoms with Crippen LogP contribution in [-0.2, 0) is 17.9 Å². The van der Waals surface area contributed by atoms with Crippen LogP contribution in [0.4, 0.5) is 5.13 Å². The Morgan fingerprint density at radius 3 is 2.83 bits per heavy atom. The number of thiazole rings is 1. The molecule has 2 heterocycles. The molecule has 1 aliphatic carbocycles. The van der Waals surface area contributed by atoms with Crippen LogP contribution in [0.15, 0.2) is 0 Å². The van der Waals surface area contributed by atoms with Crippen molar-refractivity contribution in [1.82, 2.24) is 10.3 Å². The first-order valence-electron chi connectivity index (χ1n) is 6.82. The molecule has 0 radical (unpaired) electrons. The Kier molecular flexibility index (Phi) is 3.82. The number of aromatic nitrogens is 1. The van der Waals surface area contributed by atoms with E-state index in [0.29, 0.717) is 6.61 Å². The molecule has 1 saturated carbocycles. The molecule has 1 saturated heterocycles. The minimum absolute atomic E-state index is 0.631. The minimum atomic E-state index is 0.631. The van der Waals surface area contributed by atoms with Gasteiger partial charge in [0.1, 0.15) is 0 Å². The predicted molar refractivity (Wildman–Crippen MR) is 74.1 cm³/mol. The first-order valence-corrected chi connectivity index (χ1v) is 7.64. The minimum Gasteiger partial charge on any atom is -0.378 e. The highest BCUT2D eigenvalue weighted by Crippen LogP contribution is 2.30. The summed E-state index contributed by atoms with van der Waals surface area (Å²) >= 11 is 1.84. The highest BCUT2D eigenvalue weighted by atomic mass is 32.1. The average molecular weight is 267 g/mol. The van der Waals surface area contributed by atoms with Crippen molar-refractivity contribution in [3.63, 3.8) is 0 Å². The third kappa shape index (κ3) is 2.84. The van der Waals surface area contributed by atoms with Gasteiger partial charge in [0.25, 0.3) is 0 Å². The van der Waals surface area contributed by atoms with E-state index in [0.717, 1.165) is 31.4 Å². The highest BCUT2D eigenvalue weighted by molar-refractivity contribution is 7.15. The van der Waals surface area contributed by atoms with E-state index < -0.39 is 0 Å². The van der Waals surface area contributed by atoms with Crippen LogP contribution in [-0.4, -0.2) is 31.2 Å². The van der Waals surface area contributed by atoms with Crippen LogP contribution >= 0.6 is 11.3 Å². The van der Waals surface area contributed by atoms with Crippen molar-refractivity contribution in [2.75, 3.05) is 25.1 Å². The third-order valence-corrected chi connectivity index (χ3v) is 4.71. The molecule has 0 bridgehead atoms. The number of methoxy groups -OCH3 is 1. The Morgan fingerprint density at radius 2 is 2.17 bits per heavy atom. The zero-order chi connectivity index (χ0) is 12.4. The smallest absolute Gasteiger partial charge is 0.185 e. The molecule has 2 fully saturated rings. The first kappa shape index (κ1) is 12.4. The SMILES string of the molecule is COCc1nc(N2CCCC2)sc1CNC1CC1. The van der Waals surface area contributed by atoms with Crippen LogP contribution in [0.3, 0.4) is 0 Å². The fourth-order valence-corrected chi connectivity index (χ4v) is 3.39. The van der Waals surface area contributed by atoms with E-state index in [1.54, 1.807) is 7.11 Å². The zero-order valence-electron chi connectivity index (χ0n) is 10.9. The fraction of sp³-hybridized carbons (Fsp3) is 0.769. The van der Waals surface area contributed by atoms with Gasteiger partial charge in [-0.15, -0.1) is 11.3 Å². The van der Waals surface area contributed by atoms with E-state index in [1.165, 1.54) is 35.7 Å². The van der Waals surface area contributed by atoms with Crippen molar-refractivity contribution < 1.29 is 4.74 Å². The van der Waals surface area contributed by atoms with E-state index >= 15 is 0 Å². The number of anilines is 1. The summed E-state index contributed by atoms with van der Waals surface area (Å²) in [5, 5.41) is 4.76. The fourth-order valence-electron chi connectivity index (χ4n) is 2.33. The van der Waals surface area contributed by atoms with Crippen molar-refractivity contribution in [3.05, 3.63) is 10.6 Å². The monoisotopic (exact) mass is 267 g/mol. The summed E-state index contributed by atoms with van der Waals surface area (Å²) in [6, 6.07) is 0.748. The predicted octanol–water partition coefficient (Wildman–Crippen LogP) is 2.14. The van der Waals surface area contributed by atoms with Crippen molar-refractivity contribution in [2.24, 2.45) is 0 Å². The van der Waals surface area contributed by atoms with Crippen molar-refractivity contribution in [3.8, 4) is 0 Å². The molecule has 100 valence electrons. The maximum atomic E-state index is 5.26. The van der Waals surface area contributed by atoms with Crippen molar-refractivity contribution >= 4 is 16.5 Å². The van der Waals surface area contributed by atoms with Gasteiger partial charge in [-0.3, -0.25) is 0 Å². The van der Waals surface area contributed by atoms with Crippen LogP contribution < -0.4 is 10.2 Å². The van der Waals surface area contributed by atoms with Crippen LogP contribution in [0.1, 0.15) is 36.3 Å². The number of hydrogen-bond acceptors (Lipinski definition) is 5. The lowest BCUT2D eigenvalue weighted by molar-refractivity contribution is 0.181. The standard InChI is InChI=1S/C13H21N3OS/c1-17-9-11-12(8-14-10-4-5-10)18-13(15-11)16-6-2-3-7-16/h10,14H,2-9H2,1H3. The summed E-state index contributed by atoms with van der Waals surface area (Å²) < 4.78 is 5.26. The van der Waals surface area contributed by atoms with Gasteiger partial charge >= 0.3 is 0 Å². The molecule has 1 aromatic rings. The molecule has 0 spiro atoms. The number of hydrogen-bond donors (Lipinski definition) is 1. The van der Waals surface area contributed by atoms with Crippen LogP contribution in [0.25, 0.3) is 0 Å². The van der Waals surface area contributed by atoms with Gasteiger partial charge in [-0.05, 0) is 25.7 Å². The van der Waals surface area contributed by atoms with E-state index in [9.17, 15) is 0 Å². The second-order valence-corrected chi connectivity index (χ2v) is 6.21. The summed E-state index contributed by atoms with van der Waals surface area (Å²) in [5.74, 6) is 0. The maximum Gasteiger partial charge on any atom is 0.185 e. The molecule has 1 aliphatic heterocycles. The zero-order valence-corrected chi connectivity index (χ0v) is 11.8. The quantitative estimate of drug-likeness (QED) is 0.857. The molecule has 5 heteroatoms. The first-order chi connectivity index (χ1) is 8.86. The van der Waals surface area contributed by atoms with Crippen molar-refractivity contribution in [1.29, 1.82) is 0 Å². The topological polar surface area (TPSA) is 37.4 Å². The second kappa shape index (κ2) is 5.55. The van der Waals surface area contributed by atoms with E-state index in [1.807, 2.05) is 11.3 Å². The highest BCUT2D eigenvalue weighted by Gasteiger charge is 2.23. The summed E-state index contributed by atoms with van der Waals surface area (Å²) in [6.07, 6.45) is 5.26. The third-order valence-electron chi connectivity index (χ3n) is 3.55. The normalized spacial score (nSPS) is 19.7. The lowest BCUT2D eigenvalue weighted by Gasteiger charge is -2.12. The molecule has 3 rings (SSSR count). The second-order valence-electron chi connectivity index (χ2n) is 5.15. The van der Waals surface area contributed by atoms with Crippen LogP contribution in [0.5, 0.6) is 0 Å². The average Bonchev–Trinajstić information content (AvgIpc) is 2.90. The van der Waals surface area contributed by atoms with Gasteiger partial charge in [-0.25, -0.2) is 4.98 Å². The molecule has 0 amide bonds. The van der Waals surface area contributed by atoms with Gasteiger partial charge in [-0.2, -0.15) is 0 Å². The van der Waals surface area contributed by atoms with Crippen molar-refractivity contribution in [2.45, 2.75) is 44.9 Å². The molecule has 0 aromatic carbocycles.